The van der Waals surface area contributed by atoms with E-state index in [0.29, 0.717) is 44.4 Å². The SMILES string of the molecule is CCC(OC(=O)c1cccc2cccc(-c3nc4ccccc4o3)c12)C(=O)Nc1ccc(OC)c(Cl)c1. The molecule has 186 valence electrons. The molecule has 0 aliphatic carbocycles. The Morgan fingerprint density at radius 3 is 2.54 bits per heavy atom. The van der Waals surface area contributed by atoms with Crippen molar-refractivity contribution in [2.75, 3.05) is 12.4 Å². The Morgan fingerprint density at radius 1 is 1.03 bits per heavy atom. The van der Waals surface area contributed by atoms with Gasteiger partial charge in [0.15, 0.2) is 11.7 Å². The second-order valence-corrected chi connectivity index (χ2v) is 8.74. The van der Waals surface area contributed by atoms with Gasteiger partial charge in [-0.05, 0) is 54.3 Å². The Hall–Kier alpha value is -4.36. The van der Waals surface area contributed by atoms with Crippen molar-refractivity contribution < 1.29 is 23.5 Å². The average molecular weight is 515 g/mol. The van der Waals surface area contributed by atoms with Crippen molar-refractivity contribution in [1.82, 2.24) is 4.98 Å². The first-order chi connectivity index (χ1) is 18.0. The van der Waals surface area contributed by atoms with Gasteiger partial charge in [0.25, 0.3) is 5.91 Å². The zero-order valence-corrected chi connectivity index (χ0v) is 20.9. The van der Waals surface area contributed by atoms with Crippen molar-refractivity contribution in [2.24, 2.45) is 0 Å². The third kappa shape index (κ3) is 4.86. The molecular weight excluding hydrogens is 492 g/mol. The Labute approximate surface area is 218 Å². The second-order valence-electron chi connectivity index (χ2n) is 8.34. The van der Waals surface area contributed by atoms with Crippen LogP contribution in [0.3, 0.4) is 0 Å². The number of hydrogen-bond acceptors (Lipinski definition) is 6. The number of benzene rings is 4. The van der Waals surface area contributed by atoms with E-state index in [1.54, 1.807) is 37.3 Å². The fraction of sp³-hybridized carbons (Fsp3) is 0.138. The molecule has 1 heterocycles. The number of carbonyl (C=O) groups excluding carboxylic acids is 2. The third-order valence-corrected chi connectivity index (χ3v) is 6.28. The molecule has 1 aromatic heterocycles. The molecule has 4 aromatic carbocycles. The predicted octanol–water partition coefficient (Wildman–Crippen LogP) is 6.88. The summed E-state index contributed by atoms with van der Waals surface area (Å²) < 4.78 is 16.8. The molecule has 0 saturated heterocycles. The van der Waals surface area contributed by atoms with Crippen molar-refractivity contribution in [1.29, 1.82) is 0 Å². The Morgan fingerprint density at radius 2 is 1.81 bits per heavy atom. The molecule has 0 fully saturated rings. The number of anilines is 1. The molecule has 1 unspecified atom stereocenters. The van der Waals surface area contributed by atoms with Crippen molar-refractivity contribution in [3.05, 3.63) is 89.4 Å². The maximum Gasteiger partial charge on any atom is 0.339 e. The minimum atomic E-state index is -1.01. The molecule has 0 aliphatic heterocycles. The number of halogens is 1. The lowest BCUT2D eigenvalue weighted by Crippen LogP contribution is -2.32. The van der Waals surface area contributed by atoms with Crippen LogP contribution in [0.25, 0.3) is 33.3 Å². The average Bonchev–Trinajstić information content (AvgIpc) is 3.35. The quantitative estimate of drug-likeness (QED) is 0.238. The Kier molecular flexibility index (Phi) is 6.79. The fourth-order valence-electron chi connectivity index (χ4n) is 4.16. The molecule has 8 heteroatoms. The molecule has 0 spiro atoms. The van der Waals surface area contributed by atoms with Gasteiger partial charge in [-0.25, -0.2) is 9.78 Å². The van der Waals surface area contributed by atoms with Crippen LogP contribution in [0.2, 0.25) is 5.02 Å². The normalized spacial score (nSPS) is 11.9. The van der Waals surface area contributed by atoms with Crippen LogP contribution in [0.5, 0.6) is 5.75 Å². The number of nitrogens with one attached hydrogen (secondary N) is 1. The minimum absolute atomic E-state index is 0.282. The molecule has 0 saturated carbocycles. The first kappa shape index (κ1) is 24.3. The minimum Gasteiger partial charge on any atom is -0.495 e. The van der Waals surface area contributed by atoms with E-state index in [-0.39, 0.29) is 6.42 Å². The van der Waals surface area contributed by atoms with Crippen LogP contribution < -0.4 is 10.1 Å². The van der Waals surface area contributed by atoms with E-state index < -0.39 is 18.0 Å². The molecule has 0 aliphatic rings. The number of esters is 1. The largest absolute Gasteiger partial charge is 0.495 e. The van der Waals surface area contributed by atoms with Gasteiger partial charge < -0.3 is 19.2 Å². The fourth-order valence-corrected chi connectivity index (χ4v) is 4.42. The maximum atomic E-state index is 13.4. The van der Waals surface area contributed by atoms with E-state index >= 15 is 0 Å². The number of methoxy groups -OCH3 is 1. The maximum absolute atomic E-state index is 13.4. The lowest BCUT2D eigenvalue weighted by atomic mass is 9.99. The summed E-state index contributed by atoms with van der Waals surface area (Å²) in [4.78, 5) is 30.9. The molecule has 0 radical (unpaired) electrons. The number of oxazole rings is 1. The number of aromatic nitrogens is 1. The van der Waals surface area contributed by atoms with E-state index in [1.807, 2.05) is 48.5 Å². The molecular formula is C29H23ClN2O5. The number of nitrogens with zero attached hydrogens (tertiary/aromatic N) is 1. The summed E-state index contributed by atoms with van der Waals surface area (Å²) in [5.74, 6) is -0.197. The van der Waals surface area contributed by atoms with Crippen molar-refractivity contribution >= 4 is 51.0 Å². The number of fused-ring (bicyclic) bond motifs is 2. The molecule has 5 rings (SSSR count). The number of hydrogen-bond donors (Lipinski definition) is 1. The second kappa shape index (κ2) is 10.3. The van der Waals surface area contributed by atoms with Gasteiger partial charge in [-0.1, -0.05) is 54.9 Å². The summed E-state index contributed by atoms with van der Waals surface area (Å²) >= 11 is 6.16. The van der Waals surface area contributed by atoms with Crippen LogP contribution in [0.1, 0.15) is 23.7 Å². The molecule has 1 amide bonds. The highest BCUT2D eigenvalue weighted by atomic mass is 35.5. The van der Waals surface area contributed by atoms with Gasteiger partial charge >= 0.3 is 5.97 Å². The lowest BCUT2D eigenvalue weighted by molar-refractivity contribution is -0.124. The molecule has 0 bridgehead atoms. The Balaban J connectivity index is 1.44. The van der Waals surface area contributed by atoms with Gasteiger partial charge in [0.2, 0.25) is 5.89 Å². The highest BCUT2D eigenvalue weighted by Crippen LogP contribution is 2.33. The summed E-state index contributed by atoms with van der Waals surface area (Å²) in [5, 5.41) is 4.56. The molecule has 1 N–H and O–H groups in total. The first-order valence-electron chi connectivity index (χ1n) is 11.7. The van der Waals surface area contributed by atoms with Gasteiger partial charge in [-0.15, -0.1) is 0 Å². The molecule has 1 atom stereocenters. The topological polar surface area (TPSA) is 90.7 Å². The zero-order chi connectivity index (χ0) is 25.9. The van der Waals surface area contributed by atoms with Crippen molar-refractivity contribution in [3.63, 3.8) is 0 Å². The van der Waals surface area contributed by atoms with Gasteiger partial charge in [0.1, 0.15) is 11.3 Å². The van der Waals surface area contributed by atoms with E-state index in [2.05, 4.69) is 10.3 Å². The van der Waals surface area contributed by atoms with Crippen molar-refractivity contribution in [2.45, 2.75) is 19.4 Å². The van der Waals surface area contributed by atoms with Crippen LogP contribution in [-0.4, -0.2) is 30.1 Å². The zero-order valence-electron chi connectivity index (χ0n) is 20.2. The standard InChI is InChI=1S/C29H23ClN2O5/c1-3-23(27(33)31-18-14-15-24(35-2)21(30)16-18)37-29(34)20-11-7-9-17-8-6-10-19(26(17)20)28-32-22-12-4-5-13-25(22)36-28/h4-16,23H,3H2,1-2H3,(H,31,33). The molecule has 5 aromatic rings. The Bertz CT molecular complexity index is 1590. The van der Waals surface area contributed by atoms with Gasteiger partial charge in [-0.3, -0.25) is 4.79 Å². The van der Waals surface area contributed by atoms with Gasteiger partial charge in [0, 0.05) is 16.6 Å². The van der Waals surface area contributed by atoms with Crippen LogP contribution >= 0.6 is 11.6 Å². The number of amides is 1. The summed E-state index contributed by atoms with van der Waals surface area (Å²) in [6.07, 6.45) is -0.732. The van der Waals surface area contributed by atoms with Gasteiger partial charge in [0.05, 0.1) is 17.7 Å². The molecule has 7 nitrogen and oxygen atoms in total. The van der Waals surface area contributed by atoms with Crippen LogP contribution in [0, 0.1) is 0 Å². The summed E-state index contributed by atoms with van der Waals surface area (Å²) in [6, 6.07) is 23.3. The number of rotatable bonds is 7. The number of ether oxygens (including phenoxy) is 2. The smallest absolute Gasteiger partial charge is 0.339 e. The molecule has 37 heavy (non-hydrogen) atoms. The lowest BCUT2D eigenvalue weighted by Gasteiger charge is -2.17. The van der Waals surface area contributed by atoms with Crippen LogP contribution in [0.4, 0.5) is 5.69 Å². The highest BCUT2D eigenvalue weighted by molar-refractivity contribution is 6.32. The number of carbonyl (C=O) groups is 2. The monoisotopic (exact) mass is 514 g/mol. The van der Waals surface area contributed by atoms with E-state index in [1.165, 1.54) is 7.11 Å². The summed E-state index contributed by atoms with van der Waals surface area (Å²) in [6.45, 7) is 1.77. The van der Waals surface area contributed by atoms with Crippen LogP contribution in [0.15, 0.2) is 83.3 Å². The third-order valence-electron chi connectivity index (χ3n) is 5.98. The summed E-state index contributed by atoms with van der Waals surface area (Å²) in [5.41, 5.74) is 2.81. The van der Waals surface area contributed by atoms with Gasteiger partial charge in [-0.2, -0.15) is 0 Å². The predicted molar refractivity (Wildman–Crippen MR) is 143 cm³/mol. The highest BCUT2D eigenvalue weighted by Gasteiger charge is 2.25. The van der Waals surface area contributed by atoms with E-state index in [0.717, 1.165) is 10.9 Å². The number of para-hydroxylation sites is 2. The van der Waals surface area contributed by atoms with Crippen molar-refractivity contribution in [3.8, 4) is 17.2 Å². The first-order valence-corrected chi connectivity index (χ1v) is 12.1. The summed E-state index contributed by atoms with van der Waals surface area (Å²) in [7, 11) is 1.51. The van der Waals surface area contributed by atoms with E-state index in [9.17, 15) is 9.59 Å². The van der Waals surface area contributed by atoms with Crippen LogP contribution in [-0.2, 0) is 9.53 Å². The van der Waals surface area contributed by atoms with E-state index in [4.69, 9.17) is 25.5 Å².